The molecule has 14 heteroatoms. The summed E-state index contributed by atoms with van der Waals surface area (Å²) < 4.78 is 43.3. The lowest BCUT2D eigenvalue weighted by atomic mass is 10.2. The largest absolute Gasteiger partial charge is 0.433 e. The summed E-state index contributed by atoms with van der Waals surface area (Å²) in [5, 5.41) is 21.6. The van der Waals surface area contributed by atoms with E-state index in [0.717, 1.165) is 17.4 Å². The zero-order chi connectivity index (χ0) is 25.5. The molecule has 0 aliphatic heterocycles. The van der Waals surface area contributed by atoms with Crippen molar-refractivity contribution in [2.45, 2.75) is 39.9 Å². The molecule has 0 aliphatic carbocycles. The van der Waals surface area contributed by atoms with Crippen LogP contribution in [0.5, 0.6) is 0 Å². The summed E-state index contributed by atoms with van der Waals surface area (Å²) in [5.74, 6) is -0.703. The Morgan fingerprint density at radius 2 is 1.97 bits per heavy atom. The number of hydrogen-bond acceptors (Lipinski definition) is 7. The number of nitrogens with one attached hydrogen (secondary N) is 1. The maximum absolute atomic E-state index is 13.8. The van der Waals surface area contributed by atoms with Crippen molar-refractivity contribution in [2.24, 2.45) is 0 Å². The van der Waals surface area contributed by atoms with E-state index < -0.39 is 22.7 Å². The number of aromatic nitrogens is 5. The van der Waals surface area contributed by atoms with Crippen LogP contribution in [0.25, 0.3) is 16.2 Å². The SMILES string of the molecule is CCc1ccc(-c2cc(C(F)(F)F)n3nc(C(=O)NCCn4nc(C)c([N+](=O)[O-])c4C)cc3n2)s1. The van der Waals surface area contributed by atoms with E-state index in [1.54, 1.807) is 13.0 Å². The summed E-state index contributed by atoms with van der Waals surface area (Å²) in [4.78, 5) is 29.1. The van der Waals surface area contributed by atoms with E-state index in [0.29, 0.717) is 15.1 Å². The van der Waals surface area contributed by atoms with Gasteiger partial charge in [0.05, 0.1) is 22.0 Å². The molecule has 0 spiro atoms. The average Bonchev–Trinajstić information content (AvgIpc) is 3.49. The van der Waals surface area contributed by atoms with Gasteiger partial charge in [-0.05, 0) is 38.5 Å². The Labute approximate surface area is 200 Å². The van der Waals surface area contributed by atoms with E-state index in [1.807, 2.05) is 13.0 Å². The minimum atomic E-state index is -4.72. The van der Waals surface area contributed by atoms with Crippen molar-refractivity contribution in [3.63, 3.8) is 0 Å². The number of amides is 1. The fourth-order valence-electron chi connectivity index (χ4n) is 3.65. The van der Waals surface area contributed by atoms with Crippen LogP contribution in [0.1, 0.15) is 39.4 Å². The predicted molar refractivity (Wildman–Crippen MR) is 121 cm³/mol. The van der Waals surface area contributed by atoms with Crippen LogP contribution in [0.3, 0.4) is 0 Å². The van der Waals surface area contributed by atoms with Gasteiger partial charge in [0.2, 0.25) is 0 Å². The van der Waals surface area contributed by atoms with Crippen LogP contribution >= 0.6 is 11.3 Å². The number of nitro groups is 1. The number of nitrogens with zero attached hydrogens (tertiary/aromatic N) is 6. The van der Waals surface area contributed by atoms with E-state index in [1.165, 1.54) is 29.0 Å². The molecule has 4 rings (SSSR count). The standard InChI is InChI=1S/C21H20F3N7O3S/c1-4-13-5-6-16(35-13)14-9-17(21(22,23)24)30-18(26-14)10-15(28-30)20(32)25-7-8-29-12(3)19(31(33)34)11(2)27-29/h5-6,9-10H,4,7-8H2,1-3H3,(H,25,32). The Hall–Kier alpha value is -3.81. The third-order valence-corrected chi connectivity index (χ3v) is 6.60. The maximum atomic E-state index is 13.8. The first-order valence-corrected chi connectivity index (χ1v) is 11.3. The normalized spacial score (nSPS) is 11.8. The number of hydrogen-bond donors (Lipinski definition) is 1. The number of fused-ring (bicyclic) bond motifs is 1. The van der Waals surface area contributed by atoms with Gasteiger partial charge in [0.15, 0.2) is 17.0 Å². The number of carbonyl (C=O) groups excluding carboxylic acids is 1. The molecule has 4 aromatic rings. The number of alkyl halides is 3. The fraction of sp³-hybridized carbons (Fsp3) is 0.333. The van der Waals surface area contributed by atoms with Gasteiger partial charge in [-0.15, -0.1) is 11.3 Å². The monoisotopic (exact) mass is 507 g/mol. The van der Waals surface area contributed by atoms with E-state index >= 15 is 0 Å². The lowest BCUT2D eigenvalue weighted by Crippen LogP contribution is -2.28. The Bertz CT molecular complexity index is 1440. The van der Waals surface area contributed by atoms with Crippen LogP contribution < -0.4 is 5.32 Å². The van der Waals surface area contributed by atoms with Crippen LogP contribution in [0.15, 0.2) is 24.3 Å². The number of rotatable bonds is 7. The molecule has 0 atom stereocenters. The Morgan fingerprint density at radius 1 is 1.23 bits per heavy atom. The molecule has 0 aliphatic rings. The highest BCUT2D eigenvalue weighted by molar-refractivity contribution is 7.15. The van der Waals surface area contributed by atoms with Crippen molar-refractivity contribution in [3.8, 4) is 10.6 Å². The molecule has 4 aromatic heterocycles. The minimum Gasteiger partial charge on any atom is -0.349 e. The highest BCUT2D eigenvalue weighted by atomic mass is 32.1. The minimum absolute atomic E-state index is 0.0333. The van der Waals surface area contributed by atoms with Crippen LogP contribution in [-0.4, -0.2) is 41.8 Å². The molecular weight excluding hydrogens is 487 g/mol. The first kappa shape index (κ1) is 24.3. The Kier molecular flexibility index (Phi) is 6.32. The molecule has 4 heterocycles. The van der Waals surface area contributed by atoms with Gasteiger partial charge in [-0.1, -0.05) is 6.92 Å². The predicted octanol–water partition coefficient (Wildman–Crippen LogP) is 4.19. The van der Waals surface area contributed by atoms with Gasteiger partial charge in [-0.25, -0.2) is 9.50 Å². The summed E-state index contributed by atoms with van der Waals surface area (Å²) in [6, 6.07) is 5.67. The summed E-state index contributed by atoms with van der Waals surface area (Å²) in [6.45, 7) is 5.17. The highest BCUT2D eigenvalue weighted by Gasteiger charge is 2.36. The second-order valence-electron chi connectivity index (χ2n) is 7.70. The maximum Gasteiger partial charge on any atom is 0.433 e. The van der Waals surface area contributed by atoms with Crippen molar-refractivity contribution in [1.29, 1.82) is 0 Å². The van der Waals surface area contributed by atoms with Gasteiger partial charge < -0.3 is 5.32 Å². The summed E-state index contributed by atoms with van der Waals surface area (Å²) >= 11 is 1.35. The molecule has 0 aromatic carbocycles. The van der Waals surface area contributed by atoms with E-state index in [9.17, 15) is 28.1 Å². The van der Waals surface area contributed by atoms with Crippen LogP contribution in [-0.2, 0) is 19.1 Å². The number of halogens is 3. The number of thiophene rings is 1. The van der Waals surface area contributed by atoms with E-state index in [2.05, 4.69) is 20.5 Å². The van der Waals surface area contributed by atoms with Crippen LogP contribution in [0, 0.1) is 24.0 Å². The molecular formula is C21H20F3N7O3S. The molecule has 184 valence electrons. The van der Waals surface area contributed by atoms with Gasteiger partial charge in [-0.2, -0.15) is 23.4 Å². The smallest absolute Gasteiger partial charge is 0.349 e. The Balaban J connectivity index is 1.58. The second-order valence-corrected chi connectivity index (χ2v) is 8.87. The van der Waals surface area contributed by atoms with Crippen LogP contribution in [0.2, 0.25) is 0 Å². The summed E-state index contributed by atoms with van der Waals surface area (Å²) in [5.41, 5.74) is -0.764. The van der Waals surface area contributed by atoms with Crippen molar-refractivity contribution < 1.29 is 22.9 Å². The number of carbonyl (C=O) groups is 1. The van der Waals surface area contributed by atoms with Gasteiger partial charge >= 0.3 is 11.9 Å². The zero-order valence-electron chi connectivity index (χ0n) is 18.9. The van der Waals surface area contributed by atoms with Crippen LogP contribution in [0.4, 0.5) is 18.9 Å². The van der Waals surface area contributed by atoms with Gasteiger partial charge in [-0.3, -0.25) is 19.6 Å². The van der Waals surface area contributed by atoms with Crippen molar-refractivity contribution in [1.82, 2.24) is 29.7 Å². The average molecular weight is 507 g/mol. The Morgan fingerprint density at radius 3 is 2.57 bits per heavy atom. The molecule has 0 saturated carbocycles. The molecule has 0 saturated heterocycles. The molecule has 0 bridgehead atoms. The lowest BCUT2D eigenvalue weighted by molar-refractivity contribution is -0.386. The lowest BCUT2D eigenvalue weighted by Gasteiger charge is -2.10. The summed E-state index contributed by atoms with van der Waals surface area (Å²) in [7, 11) is 0. The third kappa shape index (κ3) is 4.73. The van der Waals surface area contributed by atoms with Gasteiger partial charge in [0.25, 0.3) is 5.91 Å². The van der Waals surface area contributed by atoms with Crippen molar-refractivity contribution in [2.75, 3.05) is 6.54 Å². The molecule has 1 N–H and O–H groups in total. The zero-order valence-corrected chi connectivity index (χ0v) is 19.7. The van der Waals surface area contributed by atoms with Gasteiger partial charge in [0.1, 0.15) is 11.4 Å². The molecule has 35 heavy (non-hydrogen) atoms. The third-order valence-electron chi connectivity index (χ3n) is 5.35. The molecule has 0 fully saturated rings. The van der Waals surface area contributed by atoms with E-state index in [-0.39, 0.29) is 41.5 Å². The quantitative estimate of drug-likeness (QED) is 0.296. The van der Waals surface area contributed by atoms with Gasteiger partial charge in [0, 0.05) is 17.5 Å². The molecule has 1 amide bonds. The first-order valence-electron chi connectivity index (χ1n) is 10.5. The van der Waals surface area contributed by atoms with Crippen molar-refractivity contribution in [3.05, 3.63) is 62.0 Å². The summed E-state index contributed by atoms with van der Waals surface area (Å²) in [6.07, 6.45) is -3.97. The highest BCUT2D eigenvalue weighted by Crippen LogP contribution is 2.34. The topological polar surface area (TPSA) is 120 Å². The second kappa shape index (κ2) is 9.09. The first-order chi connectivity index (χ1) is 16.5. The van der Waals surface area contributed by atoms with E-state index in [4.69, 9.17) is 0 Å². The molecule has 0 radical (unpaired) electrons. The number of aryl methyl sites for hydroxylation is 2. The molecule has 10 nitrogen and oxygen atoms in total. The molecule has 0 unspecified atom stereocenters. The fourth-order valence-corrected chi connectivity index (χ4v) is 4.56. The van der Waals surface area contributed by atoms with Crippen molar-refractivity contribution >= 4 is 28.6 Å².